The number of ether oxygens (including phenoxy) is 1. The first-order chi connectivity index (χ1) is 14.7. The van der Waals surface area contributed by atoms with Crippen LogP contribution >= 0.6 is 0 Å². The third-order valence-corrected chi connectivity index (χ3v) is 5.67. The highest BCUT2D eigenvalue weighted by Gasteiger charge is 2.21. The number of furan rings is 1. The molecule has 1 aliphatic heterocycles. The van der Waals surface area contributed by atoms with Gasteiger partial charge < -0.3 is 20.2 Å². The molecular weight excluding hydrogens is 380 g/mol. The molecule has 8 heteroatoms. The molecule has 5 heterocycles. The first-order valence-electron chi connectivity index (χ1n) is 10.2. The van der Waals surface area contributed by atoms with Crippen LogP contribution in [-0.2, 0) is 0 Å². The Morgan fingerprint density at radius 1 is 1.23 bits per heavy atom. The van der Waals surface area contributed by atoms with Gasteiger partial charge in [0.25, 0.3) is 0 Å². The van der Waals surface area contributed by atoms with E-state index in [-0.39, 0.29) is 6.10 Å². The number of nitrogens with two attached hydrogens (primary N) is 1. The Labute approximate surface area is 174 Å². The summed E-state index contributed by atoms with van der Waals surface area (Å²) in [4.78, 5) is 8.41. The van der Waals surface area contributed by atoms with Crippen molar-refractivity contribution < 1.29 is 9.15 Å². The van der Waals surface area contributed by atoms with Crippen LogP contribution in [0.4, 0.5) is 5.82 Å². The number of aromatic nitrogens is 4. The predicted molar refractivity (Wildman–Crippen MR) is 114 cm³/mol. The van der Waals surface area contributed by atoms with Gasteiger partial charge in [-0.15, -0.1) is 0 Å². The highest BCUT2D eigenvalue weighted by atomic mass is 16.5. The molecule has 0 spiro atoms. The van der Waals surface area contributed by atoms with E-state index in [4.69, 9.17) is 14.9 Å². The predicted octanol–water partition coefficient (Wildman–Crippen LogP) is 3.73. The van der Waals surface area contributed by atoms with Crippen LogP contribution in [-0.4, -0.2) is 32.8 Å². The first-order valence-corrected chi connectivity index (χ1v) is 10.2. The number of nitrogens with one attached hydrogen (secondary N) is 1. The molecule has 0 saturated carbocycles. The Bertz CT molecular complexity index is 1150. The molecule has 3 N–H and O–H groups in total. The minimum atomic E-state index is -0.223. The Morgan fingerprint density at radius 3 is 2.83 bits per heavy atom. The van der Waals surface area contributed by atoms with E-state index in [0.29, 0.717) is 23.2 Å². The van der Waals surface area contributed by atoms with Crippen LogP contribution in [0.25, 0.3) is 22.1 Å². The quantitative estimate of drug-likeness (QED) is 0.522. The van der Waals surface area contributed by atoms with E-state index >= 15 is 0 Å². The molecule has 0 radical (unpaired) electrons. The molecule has 0 aromatic carbocycles. The lowest BCUT2D eigenvalue weighted by molar-refractivity contribution is 0.227. The Balaban J connectivity index is 1.47. The van der Waals surface area contributed by atoms with E-state index in [0.717, 1.165) is 48.0 Å². The second-order valence-electron chi connectivity index (χ2n) is 7.60. The number of nitrogen functional groups attached to an aromatic ring is 1. The van der Waals surface area contributed by atoms with Gasteiger partial charge in [0, 0.05) is 35.9 Å². The van der Waals surface area contributed by atoms with Crippen LogP contribution in [0.15, 0.2) is 53.8 Å². The second-order valence-corrected chi connectivity index (χ2v) is 7.60. The summed E-state index contributed by atoms with van der Waals surface area (Å²) in [6.45, 7) is 4.00. The van der Waals surface area contributed by atoms with E-state index in [1.54, 1.807) is 24.9 Å². The Hall–Kier alpha value is -3.39. The van der Waals surface area contributed by atoms with Crippen molar-refractivity contribution in [3.8, 4) is 16.9 Å². The number of piperidine rings is 1. The van der Waals surface area contributed by atoms with E-state index in [9.17, 15) is 0 Å². The Kier molecular flexibility index (Phi) is 4.84. The van der Waals surface area contributed by atoms with Crippen LogP contribution < -0.4 is 15.8 Å². The van der Waals surface area contributed by atoms with Gasteiger partial charge in [-0.05, 0) is 50.6 Å². The van der Waals surface area contributed by atoms with Crippen molar-refractivity contribution in [2.45, 2.75) is 31.9 Å². The van der Waals surface area contributed by atoms with Gasteiger partial charge in [0.1, 0.15) is 12.4 Å². The molecule has 0 bridgehead atoms. The van der Waals surface area contributed by atoms with Crippen molar-refractivity contribution in [1.82, 2.24) is 25.1 Å². The zero-order valence-electron chi connectivity index (χ0n) is 16.8. The fourth-order valence-electron chi connectivity index (χ4n) is 3.94. The number of hydrogen-bond acceptors (Lipinski definition) is 7. The molecule has 5 rings (SSSR count). The first kappa shape index (κ1) is 18.6. The molecule has 8 nitrogen and oxygen atoms in total. The smallest absolute Gasteiger partial charge is 0.205 e. The monoisotopic (exact) mass is 404 g/mol. The topological polar surface area (TPSA) is 104 Å². The molecular formula is C22H24N6O2. The summed E-state index contributed by atoms with van der Waals surface area (Å²) in [6, 6.07) is 4.25. The van der Waals surface area contributed by atoms with Gasteiger partial charge in [-0.3, -0.25) is 9.67 Å². The van der Waals surface area contributed by atoms with Gasteiger partial charge in [0.2, 0.25) is 5.75 Å². The van der Waals surface area contributed by atoms with Crippen molar-refractivity contribution in [3.05, 3.63) is 54.9 Å². The molecule has 1 atom stereocenters. The maximum atomic E-state index is 6.16. The molecule has 1 aliphatic rings. The average Bonchev–Trinajstić information content (AvgIpc) is 3.44. The van der Waals surface area contributed by atoms with E-state index < -0.39 is 0 Å². The minimum absolute atomic E-state index is 0.223. The van der Waals surface area contributed by atoms with Crippen LogP contribution in [0, 0.1) is 0 Å². The van der Waals surface area contributed by atoms with Gasteiger partial charge in [-0.1, -0.05) is 0 Å². The summed E-state index contributed by atoms with van der Waals surface area (Å²) in [7, 11) is 0. The van der Waals surface area contributed by atoms with Gasteiger partial charge >= 0.3 is 0 Å². The average molecular weight is 404 g/mol. The maximum absolute atomic E-state index is 6.16. The molecule has 4 aromatic rings. The standard InChI is InChI=1S/C22H24N6O2/c1-14(15-2-6-24-7-3-15)30-21-20-18(11-26-22(21)23)19(13-29-20)16-10-27-28(12-16)17-4-8-25-9-5-17/h2-3,6-7,10-14,17,25H,4-5,8-9H2,1H3,(H2,23,26)/t14-/m1/s1. The van der Waals surface area contributed by atoms with Gasteiger partial charge in [-0.2, -0.15) is 5.10 Å². The number of nitrogens with zero attached hydrogens (tertiary/aromatic N) is 4. The summed E-state index contributed by atoms with van der Waals surface area (Å²) >= 11 is 0. The lowest BCUT2D eigenvalue weighted by atomic mass is 10.1. The normalized spacial score (nSPS) is 16.0. The van der Waals surface area contributed by atoms with Gasteiger partial charge in [-0.25, -0.2) is 4.98 Å². The van der Waals surface area contributed by atoms with Gasteiger partial charge in [0.05, 0.1) is 17.6 Å². The minimum Gasteiger partial charge on any atom is -0.479 e. The van der Waals surface area contributed by atoms with Crippen LogP contribution in [0.3, 0.4) is 0 Å². The Morgan fingerprint density at radius 2 is 2.03 bits per heavy atom. The van der Waals surface area contributed by atoms with Crippen LogP contribution in [0.1, 0.15) is 37.5 Å². The van der Waals surface area contributed by atoms with E-state index in [2.05, 4.69) is 31.3 Å². The van der Waals surface area contributed by atoms with Crippen LogP contribution in [0.5, 0.6) is 5.75 Å². The number of anilines is 1. The van der Waals surface area contributed by atoms with Crippen molar-refractivity contribution in [2.75, 3.05) is 18.8 Å². The largest absolute Gasteiger partial charge is 0.479 e. The fourth-order valence-corrected chi connectivity index (χ4v) is 3.94. The van der Waals surface area contributed by atoms with Crippen molar-refractivity contribution >= 4 is 16.8 Å². The summed E-state index contributed by atoms with van der Waals surface area (Å²) in [5.41, 5.74) is 9.64. The van der Waals surface area contributed by atoms with Crippen molar-refractivity contribution in [3.63, 3.8) is 0 Å². The maximum Gasteiger partial charge on any atom is 0.205 e. The molecule has 1 saturated heterocycles. The fraction of sp³-hybridized carbons (Fsp3) is 0.318. The van der Waals surface area contributed by atoms with E-state index in [1.165, 1.54) is 0 Å². The molecule has 154 valence electrons. The van der Waals surface area contributed by atoms with E-state index in [1.807, 2.05) is 25.3 Å². The number of fused-ring (bicyclic) bond motifs is 1. The summed E-state index contributed by atoms with van der Waals surface area (Å²) < 4.78 is 14.1. The number of hydrogen-bond donors (Lipinski definition) is 2. The zero-order valence-corrected chi connectivity index (χ0v) is 16.8. The highest BCUT2D eigenvalue weighted by molar-refractivity contribution is 5.97. The lowest BCUT2D eigenvalue weighted by Crippen LogP contribution is -2.29. The second kappa shape index (κ2) is 7.79. The molecule has 4 aromatic heterocycles. The molecule has 0 amide bonds. The lowest BCUT2D eigenvalue weighted by Gasteiger charge is -2.22. The van der Waals surface area contributed by atoms with Gasteiger partial charge in [0.15, 0.2) is 11.4 Å². The number of pyridine rings is 2. The third-order valence-electron chi connectivity index (χ3n) is 5.67. The van der Waals surface area contributed by atoms with Crippen molar-refractivity contribution in [2.24, 2.45) is 0 Å². The molecule has 0 aliphatic carbocycles. The zero-order chi connectivity index (χ0) is 20.5. The summed E-state index contributed by atoms with van der Waals surface area (Å²) in [5, 5.41) is 8.84. The number of rotatable bonds is 5. The molecule has 0 unspecified atom stereocenters. The summed E-state index contributed by atoms with van der Waals surface area (Å²) in [6.07, 6.45) is 12.8. The molecule has 30 heavy (non-hydrogen) atoms. The molecule has 1 fully saturated rings. The third kappa shape index (κ3) is 3.39. The SMILES string of the molecule is C[C@@H](Oc1c(N)ncc2c(-c3cnn(C4CCNCC4)c3)coc12)c1ccncc1. The highest BCUT2D eigenvalue weighted by Crippen LogP contribution is 2.39. The van der Waals surface area contributed by atoms with Crippen molar-refractivity contribution in [1.29, 1.82) is 0 Å². The summed E-state index contributed by atoms with van der Waals surface area (Å²) in [5.74, 6) is 0.753. The van der Waals surface area contributed by atoms with Crippen LogP contribution in [0.2, 0.25) is 0 Å².